The maximum absolute atomic E-state index is 11.9. The van der Waals surface area contributed by atoms with E-state index in [1.54, 1.807) is 6.07 Å². The van der Waals surface area contributed by atoms with Gasteiger partial charge in [0.1, 0.15) is 5.69 Å². The van der Waals surface area contributed by atoms with E-state index in [1.807, 2.05) is 18.1 Å². The van der Waals surface area contributed by atoms with E-state index in [-0.39, 0.29) is 5.91 Å². The molecule has 1 amide bonds. The maximum atomic E-state index is 11.9. The molecule has 1 aliphatic carbocycles. The molecular formula is C12H17N3O. The number of rotatable bonds is 1. The second kappa shape index (κ2) is 3.03. The van der Waals surface area contributed by atoms with E-state index in [9.17, 15) is 4.79 Å². The van der Waals surface area contributed by atoms with Crippen LogP contribution in [0.3, 0.4) is 0 Å². The highest BCUT2D eigenvalue weighted by Crippen LogP contribution is 2.48. The molecular weight excluding hydrogens is 202 g/mol. The Morgan fingerprint density at radius 3 is 2.81 bits per heavy atom. The lowest BCUT2D eigenvalue weighted by molar-refractivity contribution is 0.0705. The van der Waals surface area contributed by atoms with E-state index in [4.69, 9.17) is 5.73 Å². The number of fused-ring (bicyclic) bond motifs is 1. The van der Waals surface area contributed by atoms with Crippen molar-refractivity contribution in [3.05, 3.63) is 18.0 Å². The van der Waals surface area contributed by atoms with Gasteiger partial charge in [0.05, 0.1) is 11.7 Å². The van der Waals surface area contributed by atoms with Gasteiger partial charge in [0.2, 0.25) is 0 Å². The predicted octanol–water partition coefficient (Wildman–Crippen LogP) is 1.35. The van der Waals surface area contributed by atoms with Crippen LogP contribution >= 0.6 is 0 Å². The Morgan fingerprint density at radius 2 is 2.19 bits per heavy atom. The van der Waals surface area contributed by atoms with Crippen molar-refractivity contribution in [2.75, 3.05) is 19.3 Å². The monoisotopic (exact) mass is 219 g/mol. The molecule has 0 radical (unpaired) electrons. The topological polar surface area (TPSA) is 51.3 Å². The van der Waals surface area contributed by atoms with Gasteiger partial charge in [0.25, 0.3) is 5.91 Å². The van der Waals surface area contributed by atoms with Gasteiger partial charge >= 0.3 is 0 Å². The fraction of sp³-hybridized carbons (Fsp3) is 0.583. The van der Waals surface area contributed by atoms with Crippen molar-refractivity contribution in [2.24, 2.45) is 11.8 Å². The number of nitrogen functional groups attached to an aromatic ring is 1. The standard InChI is InChI=1S/C12H17N3O/c1-7-3-9(7)11-6-14(2)12(16)10-4-8(13)5-15(10)11/h4-5,7,9,11H,3,6,13H2,1-2H3/t7?,9-,11?/m0/s1. The van der Waals surface area contributed by atoms with E-state index in [1.165, 1.54) is 6.42 Å². The Morgan fingerprint density at radius 1 is 1.50 bits per heavy atom. The highest BCUT2D eigenvalue weighted by atomic mass is 16.2. The summed E-state index contributed by atoms with van der Waals surface area (Å²) in [6.07, 6.45) is 3.18. The summed E-state index contributed by atoms with van der Waals surface area (Å²) in [5.74, 6) is 1.57. The Balaban J connectivity index is 2.03. The first kappa shape index (κ1) is 9.75. The molecule has 1 fully saturated rings. The van der Waals surface area contributed by atoms with Crippen molar-refractivity contribution >= 4 is 11.6 Å². The molecule has 3 atom stereocenters. The van der Waals surface area contributed by atoms with Gasteiger partial charge in [-0.1, -0.05) is 6.92 Å². The van der Waals surface area contributed by atoms with Crippen molar-refractivity contribution in [2.45, 2.75) is 19.4 Å². The largest absolute Gasteiger partial charge is 0.397 e. The fourth-order valence-corrected chi connectivity index (χ4v) is 2.82. The molecule has 2 aliphatic rings. The second-order valence-electron chi connectivity index (χ2n) is 5.20. The van der Waals surface area contributed by atoms with Gasteiger partial charge in [-0.05, 0) is 24.3 Å². The number of nitrogens with zero attached hydrogens (tertiary/aromatic N) is 2. The molecule has 0 saturated heterocycles. The van der Waals surface area contributed by atoms with Gasteiger partial charge in [-0.25, -0.2) is 0 Å². The van der Waals surface area contributed by atoms with Crippen LogP contribution in [0.1, 0.15) is 29.9 Å². The first-order valence-corrected chi connectivity index (χ1v) is 5.80. The zero-order valence-corrected chi connectivity index (χ0v) is 9.68. The Kier molecular flexibility index (Phi) is 1.85. The van der Waals surface area contributed by atoms with Crippen LogP contribution < -0.4 is 5.73 Å². The molecule has 1 aliphatic heterocycles. The molecule has 0 bridgehead atoms. The van der Waals surface area contributed by atoms with Gasteiger partial charge in [-0.3, -0.25) is 4.79 Å². The minimum absolute atomic E-state index is 0.0845. The number of carbonyl (C=O) groups excluding carboxylic acids is 1. The van der Waals surface area contributed by atoms with E-state index in [0.717, 1.165) is 18.2 Å². The summed E-state index contributed by atoms with van der Waals surface area (Å²) < 4.78 is 2.09. The maximum Gasteiger partial charge on any atom is 0.270 e. The SMILES string of the molecule is CC1C[C@@H]1C1CN(C)C(=O)c2cc(N)cn21. The molecule has 2 unspecified atom stereocenters. The van der Waals surface area contributed by atoms with Crippen molar-refractivity contribution in [3.8, 4) is 0 Å². The van der Waals surface area contributed by atoms with Crippen LogP contribution in [0.25, 0.3) is 0 Å². The molecule has 0 spiro atoms. The zero-order valence-electron chi connectivity index (χ0n) is 9.68. The lowest BCUT2D eigenvalue weighted by Crippen LogP contribution is -2.40. The highest BCUT2D eigenvalue weighted by molar-refractivity contribution is 5.94. The van der Waals surface area contributed by atoms with Crippen molar-refractivity contribution in [3.63, 3.8) is 0 Å². The molecule has 2 N–H and O–H groups in total. The van der Waals surface area contributed by atoms with Gasteiger partial charge < -0.3 is 15.2 Å². The first-order valence-electron chi connectivity index (χ1n) is 5.80. The molecule has 0 aromatic carbocycles. The van der Waals surface area contributed by atoms with Crippen molar-refractivity contribution in [1.29, 1.82) is 0 Å². The Hall–Kier alpha value is -1.45. The second-order valence-corrected chi connectivity index (χ2v) is 5.20. The first-order chi connectivity index (χ1) is 7.58. The molecule has 2 heterocycles. The van der Waals surface area contributed by atoms with E-state index in [2.05, 4.69) is 11.5 Å². The average molecular weight is 219 g/mol. The van der Waals surface area contributed by atoms with E-state index >= 15 is 0 Å². The minimum atomic E-state index is 0.0845. The average Bonchev–Trinajstić information content (AvgIpc) is 2.80. The number of hydrogen-bond donors (Lipinski definition) is 1. The van der Waals surface area contributed by atoms with Crippen LogP contribution in [0.5, 0.6) is 0 Å². The predicted molar refractivity (Wildman–Crippen MR) is 62.1 cm³/mol. The fourth-order valence-electron chi connectivity index (χ4n) is 2.82. The summed E-state index contributed by atoms with van der Waals surface area (Å²) in [6, 6.07) is 2.21. The Bertz CT molecular complexity index is 451. The van der Waals surface area contributed by atoms with E-state index < -0.39 is 0 Å². The quantitative estimate of drug-likeness (QED) is 0.775. The summed E-state index contributed by atoms with van der Waals surface area (Å²) in [6.45, 7) is 3.09. The third-order valence-electron chi connectivity index (χ3n) is 3.92. The number of amides is 1. The third-order valence-corrected chi connectivity index (χ3v) is 3.92. The van der Waals surface area contributed by atoms with Gasteiger partial charge in [-0.15, -0.1) is 0 Å². The lowest BCUT2D eigenvalue weighted by atomic mass is 10.1. The van der Waals surface area contributed by atoms with Crippen molar-refractivity contribution in [1.82, 2.24) is 9.47 Å². The highest BCUT2D eigenvalue weighted by Gasteiger charge is 2.44. The van der Waals surface area contributed by atoms with Crippen LogP contribution in [0.2, 0.25) is 0 Å². The Labute approximate surface area is 95.0 Å². The normalized spacial score (nSPS) is 32.8. The molecule has 1 aromatic heterocycles. The molecule has 1 saturated carbocycles. The number of likely N-dealkylation sites (N-methyl/N-ethyl adjacent to an activating group) is 1. The van der Waals surface area contributed by atoms with Gasteiger partial charge in [-0.2, -0.15) is 0 Å². The van der Waals surface area contributed by atoms with Gasteiger partial charge in [0, 0.05) is 19.8 Å². The van der Waals surface area contributed by atoms with Crippen molar-refractivity contribution < 1.29 is 4.79 Å². The molecule has 86 valence electrons. The minimum Gasteiger partial charge on any atom is -0.397 e. The van der Waals surface area contributed by atoms with Crippen LogP contribution in [0.4, 0.5) is 5.69 Å². The summed E-state index contributed by atoms with van der Waals surface area (Å²) in [5.41, 5.74) is 7.23. The number of hydrogen-bond acceptors (Lipinski definition) is 2. The van der Waals surface area contributed by atoms with Crippen LogP contribution in [-0.2, 0) is 0 Å². The van der Waals surface area contributed by atoms with Crippen LogP contribution in [0.15, 0.2) is 12.3 Å². The third kappa shape index (κ3) is 1.25. The molecule has 3 rings (SSSR count). The number of anilines is 1. The van der Waals surface area contributed by atoms with Crippen LogP contribution in [-0.4, -0.2) is 29.0 Å². The van der Waals surface area contributed by atoms with Crippen LogP contribution in [0, 0.1) is 11.8 Å². The van der Waals surface area contributed by atoms with E-state index in [0.29, 0.717) is 17.6 Å². The lowest BCUT2D eigenvalue weighted by Gasteiger charge is -2.32. The molecule has 4 nitrogen and oxygen atoms in total. The summed E-state index contributed by atoms with van der Waals surface area (Å²) in [5, 5.41) is 0. The summed E-state index contributed by atoms with van der Waals surface area (Å²) in [4.78, 5) is 13.8. The molecule has 16 heavy (non-hydrogen) atoms. The molecule has 1 aromatic rings. The smallest absolute Gasteiger partial charge is 0.270 e. The zero-order chi connectivity index (χ0) is 11.4. The molecule has 4 heteroatoms. The number of carbonyl (C=O) groups is 1. The summed E-state index contributed by atoms with van der Waals surface area (Å²) in [7, 11) is 1.87. The number of nitrogens with two attached hydrogens (primary N) is 1. The number of aromatic nitrogens is 1. The van der Waals surface area contributed by atoms with Gasteiger partial charge in [0.15, 0.2) is 0 Å². The summed E-state index contributed by atoms with van der Waals surface area (Å²) >= 11 is 0.